The van der Waals surface area contributed by atoms with E-state index < -0.39 is 4.92 Å². The Kier molecular flexibility index (Phi) is 4.38. The Morgan fingerprint density at radius 2 is 2.05 bits per heavy atom. The van der Waals surface area contributed by atoms with Gasteiger partial charge in [0.2, 0.25) is 5.88 Å². The lowest BCUT2D eigenvalue weighted by Crippen LogP contribution is -1.92. The largest absolute Gasteiger partial charge is 0.436 e. The van der Waals surface area contributed by atoms with E-state index in [2.05, 4.69) is 36.8 Å². The van der Waals surface area contributed by atoms with Crippen LogP contribution in [0.1, 0.15) is 0 Å². The van der Waals surface area contributed by atoms with E-state index in [-0.39, 0.29) is 10.7 Å². The molecule has 0 N–H and O–H groups in total. The molecule has 0 saturated heterocycles. The van der Waals surface area contributed by atoms with E-state index in [1.165, 1.54) is 18.2 Å². The molecule has 0 amide bonds. The van der Waals surface area contributed by atoms with Crippen molar-refractivity contribution in [3.63, 3.8) is 0 Å². The molecule has 1 heterocycles. The predicted octanol–water partition coefficient (Wildman–Crippen LogP) is 4.96. The minimum atomic E-state index is -0.524. The third-order valence-electron chi connectivity index (χ3n) is 2.11. The second kappa shape index (κ2) is 5.85. The van der Waals surface area contributed by atoms with Gasteiger partial charge in [-0.2, -0.15) is 0 Å². The summed E-state index contributed by atoms with van der Waals surface area (Å²) >= 11 is 12.5. The average molecular weight is 408 g/mol. The standard InChI is InChI=1S/C11H5Br2ClN2O3/c12-6-3-8(13)11(15-5-6)19-10-2-1-7(16(17)18)4-9(10)14/h1-5H. The molecular formula is C11H5Br2ClN2O3. The molecule has 8 heteroatoms. The zero-order valence-electron chi connectivity index (χ0n) is 9.14. The molecule has 1 aromatic heterocycles. The first-order valence-electron chi connectivity index (χ1n) is 4.90. The van der Waals surface area contributed by atoms with Crippen molar-refractivity contribution in [2.75, 3.05) is 0 Å². The molecular weight excluding hydrogens is 403 g/mol. The summed E-state index contributed by atoms with van der Waals surface area (Å²) in [5.41, 5.74) is -0.0971. The van der Waals surface area contributed by atoms with Gasteiger partial charge in [-0.1, -0.05) is 11.6 Å². The Hall–Kier alpha value is -1.18. The zero-order valence-corrected chi connectivity index (χ0v) is 13.1. The SMILES string of the molecule is O=[N+]([O-])c1ccc(Oc2ncc(Br)cc2Br)c(Cl)c1. The number of hydrogen-bond donors (Lipinski definition) is 0. The Labute approximate surface area is 130 Å². The van der Waals surface area contributed by atoms with E-state index in [0.29, 0.717) is 16.1 Å². The van der Waals surface area contributed by atoms with Crippen LogP contribution >= 0.6 is 43.5 Å². The Morgan fingerprint density at radius 3 is 2.63 bits per heavy atom. The minimum Gasteiger partial charge on any atom is -0.436 e. The number of pyridine rings is 1. The first-order valence-corrected chi connectivity index (χ1v) is 6.86. The number of rotatable bonds is 3. The maximum absolute atomic E-state index is 10.6. The minimum absolute atomic E-state index is 0.0971. The van der Waals surface area contributed by atoms with Crippen molar-refractivity contribution in [3.05, 3.63) is 54.5 Å². The second-order valence-corrected chi connectivity index (χ2v) is 5.59. The highest BCUT2D eigenvalue weighted by Crippen LogP contribution is 2.35. The fraction of sp³-hybridized carbons (Fsp3) is 0. The van der Waals surface area contributed by atoms with Gasteiger partial charge in [0.25, 0.3) is 5.69 Å². The lowest BCUT2D eigenvalue weighted by molar-refractivity contribution is -0.384. The fourth-order valence-corrected chi connectivity index (χ4v) is 2.55. The van der Waals surface area contributed by atoms with Crippen LogP contribution in [0.15, 0.2) is 39.4 Å². The van der Waals surface area contributed by atoms with Gasteiger partial charge in [-0.3, -0.25) is 10.1 Å². The van der Waals surface area contributed by atoms with Crippen molar-refractivity contribution in [1.29, 1.82) is 0 Å². The van der Waals surface area contributed by atoms with E-state index in [4.69, 9.17) is 16.3 Å². The van der Waals surface area contributed by atoms with Crippen LogP contribution in [0.5, 0.6) is 11.6 Å². The molecule has 0 aliphatic heterocycles. The lowest BCUT2D eigenvalue weighted by Gasteiger charge is -2.08. The summed E-state index contributed by atoms with van der Waals surface area (Å²) in [4.78, 5) is 14.1. The molecule has 19 heavy (non-hydrogen) atoms. The lowest BCUT2D eigenvalue weighted by atomic mass is 10.3. The summed E-state index contributed by atoms with van der Waals surface area (Å²) in [6.45, 7) is 0. The van der Waals surface area contributed by atoms with Crippen LogP contribution in [0.25, 0.3) is 0 Å². The predicted molar refractivity (Wildman–Crippen MR) is 77.8 cm³/mol. The van der Waals surface area contributed by atoms with E-state index >= 15 is 0 Å². The monoisotopic (exact) mass is 406 g/mol. The van der Waals surface area contributed by atoms with Gasteiger partial charge in [-0.25, -0.2) is 4.98 Å². The van der Waals surface area contributed by atoms with Crippen LogP contribution in [0.4, 0.5) is 5.69 Å². The molecule has 2 aromatic rings. The summed E-state index contributed by atoms with van der Waals surface area (Å²) in [5.74, 6) is 0.613. The maximum Gasteiger partial charge on any atom is 0.271 e. The average Bonchev–Trinajstić information content (AvgIpc) is 2.34. The number of nitrogens with zero attached hydrogens (tertiary/aromatic N) is 2. The van der Waals surface area contributed by atoms with Crippen molar-refractivity contribution in [3.8, 4) is 11.6 Å². The molecule has 0 atom stereocenters. The fourth-order valence-electron chi connectivity index (χ4n) is 1.27. The Balaban J connectivity index is 2.31. The second-order valence-electron chi connectivity index (χ2n) is 3.41. The quantitative estimate of drug-likeness (QED) is 0.532. The number of hydrogen-bond acceptors (Lipinski definition) is 4. The van der Waals surface area contributed by atoms with E-state index in [0.717, 1.165) is 4.47 Å². The van der Waals surface area contributed by atoms with Crippen LogP contribution in [0.2, 0.25) is 5.02 Å². The highest BCUT2D eigenvalue weighted by molar-refractivity contribution is 9.11. The van der Waals surface area contributed by atoms with Crippen molar-refractivity contribution < 1.29 is 9.66 Å². The van der Waals surface area contributed by atoms with Gasteiger partial charge in [-0.05, 0) is 44.0 Å². The zero-order chi connectivity index (χ0) is 14.0. The summed E-state index contributed by atoms with van der Waals surface area (Å²) in [7, 11) is 0. The first-order chi connectivity index (χ1) is 8.97. The summed E-state index contributed by atoms with van der Waals surface area (Å²) in [6.07, 6.45) is 1.57. The maximum atomic E-state index is 10.6. The smallest absolute Gasteiger partial charge is 0.271 e. The third-order valence-corrected chi connectivity index (χ3v) is 3.40. The van der Waals surface area contributed by atoms with Crippen molar-refractivity contribution >= 4 is 49.1 Å². The molecule has 1 aromatic carbocycles. The van der Waals surface area contributed by atoms with Crippen molar-refractivity contribution in [1.82, 2.24) is 4.98 Å². The molecule has 2 rings (SSSR count). The summed E-state index contributed by atoms with van der Waals surface area (Å²) in [6, 6.07) is 5.73. The van der Waals surface area contributed by atoms with Gasteiger partial charge in [0.05, 0.1) is 14.4 Å². The van der Waals surface area contributed by atoms with Crippen molar-refractivity contribution in [2.45, 2.75) is 0 Å². The number of nitro benzene ring substituents is 1. The first kappa shape index (κ1) is 14.2. The molecule has 0 unspecified atom stereocenters. The van der Waals surface area contributed by atoms with Crippen LogP contribution < -0.4 is 4.74 Å². The topological polar surface area (TPSA) is 65.3 Å². The number of nitro groups is 1. The van der Waals surface area contributed by atoms with Crippen molar-refractivity contribution in [2.24, 2.45) is 0 Å². The number of halogens is 3. The number of ether oxygens (including phenoxy) is 1. The highest BCUT2D eigenvalue weighted by Gasteiger charge is 2.12. The van der Waals surface area contributed by atoms with Crippen LogP contribution in [-0.2, 0) is 0 Å². The number of non-ortho nitro benzene ring substituents is 1. The van der Waals surface area contributed by atoms with Gasteiger partial charge in [0.15, 0.2) is 0 Å². The normalized spacial score (nSPS) is 10.3. The van der Waals surface area contributed by atoms with E-state index in [1.807, 2.05) is 0 Å². The molecule has 0 aliphatic carbocycles. The summed E-state index contributed by atoms with van der Waals surface area (Å²) < 4.78 is 6.92. The van der Waals surface area contributed by atoms with E-state index in [1.54, 1.807) is 12.3 Å². The van der Waals surface area contributed by atoms with Crippen LogP contribution in [0.3, 0.4) is 0 Å². The van der Waals surface area contributed by atoms with Crippen LogP contribution in [-0.4, -0.2) is 9.91 Å². The summed E-state index contributed by atoms with van der Waals surface area (Å²) in [5, 5.41) is 10.7. The molecule has 98 valence electrons. The molecule has 0 radical (unpaired) electrons. The third kappa shape index (κ3) is 3.43. The molecule has 5 nitrogen and oxygen atoms in total. The van der Waals surface area contributed by atoms with Gasteiger partial charge >= 0.3 is 0 Å². The van der Waals surface area contributed by atoms with Gasteiger partial charge < -0.3 is 4.74 Å². The number of aromatic nitrogens is 1. The highest BCUT2D eigenvalue weighted by atomic mass is 79.9. The molecule has 0 bridgehead atoms. The van der Waals surface area contributed by atoms with Gasteiger partial charge in [0.1, 0.15) is 5.75 Å². The number of benzene rings is 1. The van der Waals surface area contributed by atoms with E-state index in [9.17, 15) is 10.1 Å². The van der Waals surface area contributed by atoms with Crippen LogP contribution in [0, 0.1) is 10.1 Å². The molecule has 0 aliphatic rings. The molecule has 0 fully saturated rings. The molecule has 0 spiro atoms. The van der Waals surface area contributed by atoms with Gasteiger partial charge in [0, 0.05) is 22.8 Å². The molecule has 0 saturated carbocycles. The Morgan fingerprint density at radius 1 is 1.32 bits per heavy atom. The van der Waals surface area contributed by atoms with Gasteiger partial charge in [-0.15, -0.1) is 0 Å². The Bertz CT molecular complexity index is 652.